The summed E-state index contributed by atoms with van der Waals surface area (Å²) in [4.78, 5) is 18.4. The largest absolute Gasteiger partial charge is 0.478 e. The molecule has 0 saturated heterocycles. The first kappa shape index (κ1) is 12.4. The van der Waals surface area contributed by atoms with Crippen LogP contribution in [0.15, 0.2) is 30.5 Å². The second kappa shape index (κ2) is 5.10. The Bertz CT molecular complexity index is 604. The van der Waals surface area contributed by atoms with E-state index in [0.29, 0.717) is 5.56 Å². The first-order valence-corrected chi connectivity index (χ1v) is 5.44. The summed E-state index contributed by atoms with van der Waals surface area (Å²) < 4.78 is 13.4. The van der Waals surface area contributed by atoms with Crippen LogP contribution in [0.1, 0.15) is 21.7 Å². The molecule has 1 aromatic carbocycles. The van der Waals surface area contributed by atoms with Crippen LogP contribution >= 0.6 is 11.6 Å². The topological polar surface area (TPSA) is 63.1 Å². The lowest BCUT2D eigenvalue weighted by Crippen LogP contribution is -2.05. The van der Waals surface area contributed by atoms with Crippen molar-refractivity contribution in [1.29, 1.82) is 0 Å². The van der Waals surface area contributed by atoms with Crippen LogP contribution < -0.4 is 0 Å². The minimum Gasteiger partial charge on any atom is -0.478 e. The van der Waals surface area contributed by atoms with Crippen molar-refractivity contribution < 1.29 is 14.3 Å². The van der Waals surface area contributed by atoms with E-state index >= 15 is 0 Å². The summed E-state index contributed by atoms with van der Waals surface area (Å²) in [5, 5.41) is 8.62. The molecule has 0 saturated carbocycles. The number of benzene rings is 1. The van der Waals surface area contributed by atoms with Gasteiger partial charge in [0.25, 0.3) is 0 Å². The molecule has 0 unspecified atom stereocenters. The Labute approximate surface area is 107 Å². The molecule has 6 heteroatoms. The van der Waals surface area contributed by atoms with E-state index in [-0.39, 0.29) is 28.8 Å². The van der Waals surface area contributed by atoms with Gasteiger partial charge in [-0.25, -0.2) is 19.2 Å². The van der Waals surface area contributed by atoms with Gasteiger partial charge in [0.05, 0.1) is 0 Å². The van der Waals surface area contributed by atoms with Crippen LogP contribution in [0, 0.1) is 5.82 Å². The molecule has 2 rings (SSSR count). The Morgan fingerprint density at radius 2 is 2.11 bits per heavy atom. The number of halogens is 2. The number of rotatable bonds is 3. The third kappa shape index (κ3) is 2.62. The molecule has 2 aromatic rings. The molecule has 0 fully saturated rings. The first-order valence-electron chi connectivity index (χ1n) is 5.06. The van der Waals surface area contributed by atoms with Gasteiger partial charge >= 0.3 is 5.97 Å². The third-order valence-electron chi connectivity index (χ3n) is 2.33. The van der Waals surface area contributed by atoms with Crippen LogP contribution in [-0.4, -0.2) is 21.0 Å². The predicted octanol–water partition coefficient (Wildman–Crippen LogP) is 2.56. The standard InChI is InChI=1S/C12H8ClFN2O2/c13-11-8(12(17)18)6-15-10(16-11)5-7-3-1-2-4-9(7)14/h1-4,6H,5H2,(H,17,18). The second-order valence-electron chi connectivity index (χ2n) is 3.56. The smallest absolute Gasteiger partial charge is 0.340 e. The van der Waals surface area contributed by atoms with Gasteiger partial charge in [0.1, 0.15) is 22.4 Å². The fraction of sp³-hybridized carbons (Fsp3) is 0.0833. The SMILES string of the molecule is O=C(O)c1cnc(Cc2ccccc2F)nc1Cl. The number of hydrogen-bond donors (Lipinski definition) is 1. The average Bonchev–Trinajstić information content (AvgIpc) is 2.32. The number of carboxylic acids is 1. The molecule has 0 amide bonds. The minimum atomic E-state index is -1.20. The summed E-state index contributed by atoms with van der Waals surface area (Å²) in [7, 11) is 0. The summed E-state index contributed by atoms with van der Waals surface area (Å²) in [5.41, 5.74) is 0.255. The van der Waals surface area contributed by atoms with Gasteiger partial charge in [0.2, 0.25) is 0 Å². The Morgan fingerprint density at radius 3 is 2.72 bits per heavy atom. The van der Waals surface area contributed by atoms with Crippen molar-refractivity contribution in [2.45, 2.75) is 6.42 Å². The molecule has 1 N–H and O–H groups in total. The van der Waals surface area contributed by atoms with Crippen molar-refractivity contribution in [3.05, 3.63) is 58.4 Å². The fourth-order valence-electron chi connectivity index (χ4n) is 1.44. The van der Waals surface area contributed by atoms with E-state index in [1.165, 1.54) is 6.07 Å². The minimum absolute atomic E-state index is 0.149. The van der Waals surface area contributed by atoms with Crippen molar-refractivity contribution in [3.8, 4) is 0 Å². The van der Waals surface area contributed by atoms with Crippen molar-refractivity contribution in [2.75, 3.05) is 0 Å². The number of nitrogens with zero attached hydrogens (tertiary/aromatic N) is 2. The van der Waals surface area contributed by atoms with Crippen LogP contribution in [0.2, 0.25) is 5.15 Å². The van der Waals surface area contributed by atoms with Crippen molar-refractivity contribution in [3.63, 3.8) is 0 Å². The van der Waals surface area contributed by atoms with Gasteiger partial charge in [0.15, 0.2) is 0 Å². The fourth-order valence-corrected chi connectivity index (χ4v) is 1.66. The van der Waals surface area contributed by atoms with Gasteiger partial charge in [-0.2, -0.15) is 0 Å². The molecule has 0 aliphatic heterocycles. The lowest BCUT2D eigenvalue weighted by molar-refractivity contribution is 0.0696. The van der Waals surface area contributed by atoms with Gasteiger partial charge in [-0.1, -0.05) is 29.8 Å². The van der Waals surface area contributed by atoms with Crippen LogP contribution in [0.5, 0.6) is 0 Å². The molecule has 0 radical (unpaired) electrons. The summed E-state index contributed by atoms with van der Waals surface area (Å²) >= 11 is 5.70. The number of carbonyl (C=O) groups is 1. The van der Waals surface area contributed by atoms with Gasteiger partial charge < -0.3 is 5.11 Å². The summed E-state index contributed by atoms with van der Waals surface area (Å²) in [5.74, 6) is -1.29. The molecule has 0 atom stereocenters. The van der Waals surface area contributed by atoms with Crippen molar-refractivity contribution >= 4 is 17.6 Å². The van der Waals surface area contributed by atoms with Gasteiger partial charge in [-0.05, 0) is 11.6 Å². The maximum atomic E-state index is 13.4. The van der Waals surface area contributed by atoms with Crippen LogP contribution in [0.25, 0.3) is 0 Å². The molecular formula is C12H8ClFN2O2. The van der Waals surface area contributed by atoms with E-state index < -0.39 is 5.97 Å². The third-order valence-corrected chi connectivity index (χ3v) is 2.62. The number of aromatic nitrogens is 2. The molecule has 4 nitrogen and oxygen atoms in total. The van der Waals surface area contributed by atoms with E-state index in [9.17, 15) is 9.18 Å². The Morgan fingerprint density at radius 1 is 1.39 bits per heavy atom. The number of hydrogen-bond acceptors (Lipinski definition) is 3. The molecule has 18 heavy (non-hydrogen) atoms. The molecule has 0 spiro atoms. The zero-order chi connectivity index (χ0) is 13.1. The molecule has 1 aromatic heterocycles. The van der Waals surface area contributed by atoms with Crippen molar-refractivity contribution in [1.82, 2.24) is 9.97 Å². The highest BCUT2D eigenvalue weighted by molar-refractivity contribution is 6.32. The lowest BCUT2D eigenvalue weighted by Gasteiger charge is -2.03. The number of carboxylic acid groups (broad SMARTS) is 1. The maximum absolute atomic E-state index is 13.4. The van der Waals surface area contributed by atoms with Gasteiger partial charge in [-0.15, -0.1) is 0 Å². The van der Waals surface area contributed by atoms with E-state index in [1.54, 1.807) is 18.2 Å². The normalized spacial score (nSPS) is 10.3. The molecular weight excluding hydrogens is 259 g/mol. The molecule has 1 heterocycles. The Balaban J connectivity index is 2.29. The highest BCUT2D eigenvalue weighted by Crippen LogP contribution is 2.15. The molecule has 0 bridgehead atoms. The van der Waals surface area contributed by atoms with Gasteiger partial charge in [-0.3, -0.25) is 0 Å². The molecule has 0 aliphatic carbocycles. The van der Waals surface area contributed by atoms with E-state index in [0.717, 1.165) is 6.20 Å². The van der Waals surface area contributed by atoms with Crippen LogP contribution in [-0.2, 0) is 6.42 Å². The maximum Gasteiger partial charge on any atom is 0.340 e. The average molecular weight is 267 g/mol. The van der Waals surface area contributed by atoms with E-state index in [4.69, 9.17) is 16.7 Å². The summed E-state index contributed by atoms with van der Waals surface area (Å²) in [6.07, 6.45) is 1.28. The van der Waals surface area contributed by atoms with Crippen LogP contribution in [0.3, 0.4) is 0 Å². The van der Waals surface area contributed by atoms with Crippen LogP contribution in [0.4, 0.5) is 4.39 Å². The Hall–Kier alpha value is -2.01. The predicted molar refractivity (Wildman–Crippen MR) is 63.2 cm³/mol. The zero-order valence-electron chi connectivity index (χ0n) is 9.10. The lowest BCUT2D eigenvalue weighted by atomic mass is 10.1. The van der Waals surface area contributed by atoms with E-state index in [2.05, 4.69) is 9.97 Å². The highest BCUT2D eigenvalue weighted by Gasteiger charge is 2.12. The van der Waals surface area contributed by atoms with E-state index in [1.807, 2.05) is 0 Å². The molecule has 0 aliphatic rings. The number of aromatic carboxylic acids is 1. The quantitative estimate of drug-likeness (QED) is 0.867. The van der Waals surface area contributed by atoms with Crippen molar-refractivity contribution in [2.24, 2.45) is 0 Å². The first-order chi connectivity index (χ1) is 8.58. The summed E-state index contributed by atoms with van der Waals surface area (Å²) in [6.45, 7) is 0. The zero-order valence-corrected chi connectivity index (χ0v) is 9.86. The monoisotopic (exact) mass is 266 g/mol. The van der Waals surface area contributed by atoms with Gasteiger partial charge in [0, 0.05) is 12.6 Å². The summed E-state index contributed by atoms with van der Waals surface area (Å²) in [6, 6.07) is 6.23. The molecule has 92 valence electrons. The highest BCUT2D eigenvalue weighted by atomic mass is 35.5. The second-order valence-corrected chi connectivity index (χ2v) is 3.92. The Kier molecular flexibility index (Phi) is 3.53.